The summed E-state index contributed by atoms with van der Waals surface area (Å²) in [4.78, 5) is 18.6. The minimum atomic E-state index is 0.383. The van der Waals surface area contributed by atoms with Crippen LogP contribution in [0.5, 0.6) is 0 Å². The van der Waals surface area contributed by atoms with Crippen molar-refractivity contribution in [1.29, 1.82) is 0 Å². The highest BCUT2D eigenvalue weighted by atomic mass is 16.5. The van der Waals surface area contributed by atoms with Crippen molar-refractivity contribution < 1.29 is 4.74 Å². The molecule has 0 spiro atoms. The zero-order valence-corrected chi connectivity index (χ0v) is 15.6. The maximum atomic E-state index is 5.53. The summed E-state index contributed by atoms with van der Waals surface area (Å²) in [7, 11) is 3.92. The molecule has 26 heavy (non-hydrogen) atoms. The van der Waals surface area contributed by atoms with E-state index in [-0.39, 0.29) is 0 Å². The second-order valence-corrected chi connectivity index (χ2v) is 7.00. The van der Waals surface area contributed by atoms with Gasteiger partial charge in [0, 0.05) is 71.3 Å². The zero-order chi connectivity index (χ0) is 17.9. The maximum absolute atomic E-state index is 5.53. The standard InChI is InChI=1S/C18H27N7O/c1-19-18-21-15(14-3-10-26-13-14)11-16(22-18)25-8-6-24(7-9-25)12-17-20-4-5-23(17)2/h4-5,11,14H,3,6-10,12-13H2,1-2H3,(H,19,21,22). The van der Waals surface area contributed by atoms with Crippen molar-refractivity contribution in [2.45, 2.75) is 18.9 Å². The van der Waals surface area contributed by atoms with Crippen molar-refractivity contribution in [3.63, 3.8) is 0 Å². The molecule has 1 N–H and O–H groups in total. The fourth-order valence-corrected chi connectivity index (χ4v) is 3.59. The van der Waals surface area contributed by atoms with E-state index >= 15 is 0 Å². The normalized spacial score (nSPS) is 21.3. The fraction of sp³-hybridized carbons (Fsp3) is 0.611. The molecule has 8 heteroatoms. The van der Waals surface area contributed by atoms with Crippen LogP contribution in [0.25, 0.3) is 0 Å². The quantitative estimate of drug-likeness (QED) is 0.858. The molecule has 1 atom stereocenters. The first-order valence-electron chi connectivity index (χ1n) is 9.31. The number of nitrogens with one attached hydrogen (secondary N) is 1. The molecule has 0 aliphatic carbocycles. The first-order chi connectivity index (χ1) is 12.7. The number of hydrogen-bond acceptors (Lipinski definition) is 7. The second kappa shape index (κ2) is 7.59. The molecule has 0 amide bonds. The molecule has 140 valence electrons. The molecule has 4 rings (SSSR count). The molecule has 2 saturated heterocycles. The highest BCUT2D eigenvalue weighted by Gasteiger charge is 2.24. The second-order valence-electron chi connectivity index (χ2n) is 7.00. The van der Waals surface area contributed by atoms with Crippen molar-refractivity contribution in [1.82, 2.24) is 24.4 Å². The van der Waals surface area contributed by atoms with Gasteiger partial charge < -0.3 is 19.5 Å². The molecule has 8 nitrogen and oxygen atoms in total. The Kier molecular flexibility index (Phi) is 5.03. The van der Waals surface area contributed by atoms with Crippen LogP contribution < -0.4 is 10.2 Å². The zero-order valence-electron chi connectivity index (χ0n) is 15.6. The van der Waals surface area contributed by atoms with Crippen molar-refractivity contribution in [2.75, 3.05) is 56.7 Å². The predicted octanol–water partition coefficient (Wildman–Crippen LogP) is 1.08. The van der Waals surface area contributed by atoms with Gasteiger partial charge in [0.05, 0.1) is 18.8 Å². The smallest absolute Gasteiger partial charge is 0.224 e. The molecule has 0 bridgehead atoms. The van der Waals surface area contributed by atoms with Gasteiger partial charge in [-0.1, -0.05) is 0 Å². The first-order valence-corrected chi connectivity index (χ1v) is 9.31. The number of hydrogen-bond donors (Lipinski definition) is 1. The van der Waals surface area contributed by atoms with Crippen LogP contribution in [0.4, 0.5) is 11.8 Å². The van der Waals surface area contributed by atoms with Gasteiger partial charge in [-0.2, -0.15) is 4.98 Å². The summed E-state index contributed by atoms with van der Waals surface area (Å²) in [5.74, 6) is 3.21. The molecule has 0 aromatic carbocycles. The van der Waals surface area contributed by atoms with Crippen LogP contribution in [0.3, 0.4) is 0 Å². The number of ether oxygens (including phenoxy) is 1. The van der Waals surface area contributed by atoms with Gasteiger partial charge in [-0.25, -0.2) is 9.97 Å². The van der Waals surface area contributed by atoms with Crippen LogP contribution in [-0.4, -0.2) is 70.9 Å². The van der Waals surface area contributed by atoms with Crippen LogP contribution in [0.1, 0.15) is 23.9 Å². The van der Waals surface area contributed by atoms with Gasteiger partial charge in [0.25, 0.3) is 0 Å². The van der Waals surface area contributed by atoms with E-state index in [0.717, 1.165) is 69.7 Å². The van der Waals surface area contributed by atoms with Crippen molar-refractivity contribution in [3.8, 4) is 0 Å². The van der Waals surface area contributed by atoms with Gasteiger partial charge in [-0.3, -0.25) is 4.90 Å². The number of imidazole rings is 1. The lowest BCUT2D eigenvalue weighted by Crippen LogP contribution is -2.46. The molecule has 0 saturated carbocycles. The Morgan fingerprint density at radius 3 is 2.73 bits per heavy atom. The molecule has 2 fully saturated rings. The van der Waals surface area contributed by atoms with Crippen LogP contribution in [-0.2, 0) is 18.3 Å². The molecule has 0 radical (unpaired) electrons. The fourth-order valence-electron chi connectivity index (χ4n) is 3.59. The van der Waals surface area contributed by atoms with E-state index in [1.165, 1.54) is 0 Å². The van der Waals surface area contributed by atoms with Gasteiger partial charge in [0.1, 0.15) is 11.6 Å². The number of aryl methyl sites for hydroxylation is 1. The van der Waals surface area contributed by atoms with E-state index in [0.29, 0.717) is 11.9 Å². The summed E-state index contributed by atoms with van der Waals surface area (Å²) in [5.41, 5.74) is 1.09. The van der Waals surface area contributed by atoms with E-state index in [2.05, 4.69) is 40.7 Å². The molecule has 4 heterocycles. The lowest BCUT2D eigenvalue weighted by atomic mass is 10.0. The third kappa shape index (κ3) is 3.66. The van der Waals surface area contributed by atoms with Crippen LogP contribution in [0, 0.1) is 0 Å². The first kappa shape index (κ1) is 17.2. The Balaban J connectivity index is 1.43. The van der Waals surface area contributed by atoms with Crippen LogP contribution >= 0.6 is 0 Å². The number of piperazine rings is 1. The summed E-state index contributed by atoms with van der Waals surface area (Å²) < 4.78 is 7.62. The van der Waals surface area contributed by atoms with Crippen LogP contribution in [0.2, 0.25) is 0 Å². The number of aromatic nitrogens is 4. The Hall–Kier alpha value is -2.19. The average Bonchev–Trinajstić information content (AvgIpc) is 3.34. The lowest BCUT2D eigenvalue weighted by Gasteiger charge is -2.35. The molecule has 2 aromatic rings. The molecule has 2 aliphatic heterocycles. The van der Waals surface area contributed by atoms with E-state index in [4.69, 9.17) is 4.74 Å². The topological polar surface area (TPSA) is 71.3 Å². The van der Waals surface area contributed by atoms with E-state index in [1.807, 2.05) is 26.5 Å². The van der Waals surface area contributed by atoms with Gasteiger partial charge >= 0.3 is 0 Å². The SMILES string of the molecule is CNc1nc(C2CCOC2)cc(N2CCN(Cc3nccn3C)CC2)n1. The highest BCUT2D eigenvalue weighted by Crippen LogP contribution is 2.27. The summed E-state index contributed by atoms with van der Waals surface area (Å²) in [5, 5.41) is 3.10. The largest absolute Gasteiger partial charge is 0.381 e. The number of nitrogens with zero attached hydrogens (tertiary/aromatic N) is 6. The summed E-state index contributed by atoms with van der Waals surface area (Å²) in [6.07, 6.45) is 4.90. The minimum absolute atomic E-state index is 0.383. The Labute approximate surface area is 154 Å². The molecular weight excluding hydrogens is 330 g/mol. The summed E-state index contributed by atoms with van der Waals surface area (Å²) >= 11 is 0. The molecule has 1 unspecified atom stereocenters. The van der Waals surface area contributed by atoms with Gasteiger partial charge in [-0.05, 0) is 6.42 Å². The summed E-state index contributed by atoms with van der Waals surface area (Å²) in [6.45, 7) is 6.42. The summed E-state index contributed by atoms with van der Waals surface area (Å²) in [6, 6.07) is 2.15. The Morgan fingerprint density at radius 1 is 1.23 bits per heavy atom. The van der Waals surface area contributed by atoms with Gasteiger partial charge in [0.15, 0.2) is 0 Å². The van der Waals surface area contributed by atoms with E-state index in [9.17, 15) is 0 Å². The highest BCUT2D eigenvalue weighted by molar-refractivity contribution is 5.46. The van der Waals surface area contributed by atoms with Gasteiger partial charge in [-0.15, -0.1) is 0 Å². The Morgan fingerprint density at radius 2 is 2.08 bits per heavy atom. The molecular formula is C18H27N7O. The number of rotatable bonds is 5. The molecule has 2 aliphatic rings. The maximum Gasteiger partial charge on any atom is 0.224 e. The Bertz CT molecular complexity index is 733. The van der Waals surface area contributed by atoms with E-state index in [1.54, 1.807) is 0 Å². The van der Waals surface area contributed by atoms with E-state index < -0.39 is 0 Å². The third-order valence-electron chi connectivity index (χ3n) is 5.29. The minimum Gasteiger partial charge on any atom is -0.381 e. The van der Waals surface area contributed by atoms with Crippen molar-refractivity contribution in [3.05, 3.63) is 30.0 Å². The third-order valence-corrected chi connectivity index (χ3v) is 5.29. The van der Waals surface area contributed by atoms with Gasteiger partial charge in [0.2, 0.25) is 5.95 Å². The lowest BCUT2D eigenvalue weighted by molar-refractivity contribution is 0.193. The van der Waals surface area contributed by atoms with Crippen LogP contribution in [0.15, 0.2) is 18.5 Å². The molecule has 2 aromatic heterocycles. The van der Waals surface area contributed by atoms with Crippen molar-refractivity contribution in [2.24, 2.45) is 7.05 Å². The average molecular weight is 357 g/mol. The monoisotopic (exact) mass is 357 g/mol. The van der Waals surface area contributed by atoms with Crippen molar-refractivity contribution >= 4 is 11.8 Å². The number of anilines is 2. The predicted molar refractivity (Wildman–Crippen MR) is 100 cm³/mol.